The van der Waals surface area contributed by atoms with Crippen molar-refractivity contribution in [3.8, 4) is 28.8 Å². The van der Waals surface area contributed by atoms with E-state index in [2.05, 4.69) is 41.8 Å². The molecular weight excluding hydrogens is 1060 g/mol. The number of hydrogen-bond donors (Lipinski definition) is 4. The Kier molecular flexibility index (Phi) is 16.3. The summed E-state index contributed by atoms with van der Waals surface area (Å²) in [4.78, 5) is 94.0. The van der Waals surface area contributed by atoms with Crippen molar-refractivity contribution in [2.24, 2.45) is 17.8 Å². The second-order valence-corrected chi connectivity index (χ2v) is 22.7. The molecule has 6 aliphatic rings. The maximum Gasteiger partial charge on any atom is 0.428 e. The minimum Gasteiger partial charge on any atom is -0.492 e. The van der Waals surface area contributed by atoms with E-state index in [1.165, 1.54) is 11.0 Å². The van der Waals surface area contributed by atoms with Gasteiger partial charge in [0.05, 0.1) is 35.7 Å². The molecule has 7 heterocycles. The van der Waals surface area contributed by atoms with E-state index in [4.69, 9.17) is 9.47 Å². The van der Waals surface area contributed by atoms with Gasteiger partial charge in [-0.1, -0.05) is 24.3 Å². The number of rotatable bonds is 14. The molecule has 2 atom stereocenters. The predicted molar refractivity (Wildman–Crippen MR) is 297 cm³/mol. The van der Waals surface area contributed by atoms with Gasteiger partial charge in [-0.25, -0.2) is 4.98 Å². The van der Waals surface area contributed by atoms with Crippen LogP contribution in [0.5, 0.6) is 11.5 Å². The van der Waals surface area contributed by atoms with E-state index in [9.17, 15) is 34.0 Å². The number of aromatic nitrogens is 2. The van der Waals surface area contributed by atoms with Gasteiger partial charge < -0.3 is 39.8 Å². The standard InChI is InChI=1S/C61H67F3N10O8/c62-61(63,64)60(82-52-7-2-1-5-45(52)51-33-46-41(35-65)4-3-6-49(46)68-51)20-25-73(26-21-60)59(80)48-34-55(76)69-50-15-13-43(32-47(48)50)81-31-22-66-56(77)39-8-10-40(11-9-39)58(79)74-29-27-71(28-30-74)37-38-18-23-72(24-19-38)53-16-12-42(36-67-53)44-14-17-54(75)70-57(44)78/h1-7,12-13,15-16,32-33,36,38-40,44,48,68H,8-11,14,17-31,34,37H2,(H,66,77)(H,69,76)(H,70,75,78)/t39?,40?,44?,48-/m0/s1. The molecule has 0 spiro atoms. The summed E-state index contributed by atoms with van der Waals surface area (Å²) in [7, 11) is 0. The molecule has 3 aromatic carbocycles. The lowest BCUT2D eigenvalue weighted by molar-refractivity contribution is -0.260. The Bertz CT molecular complexity index is 3260. The van der Waals surface area contributed by atoms with Crippen LogP contribution in [-0.4, -0.2) is 144 Å². The number of ether oxygens (including phenoxy) is 2. The number of H-pyrrole nitrogens is 1. The number of benzene rings is 3. The van der Waals surface area contributed by atoms with E-state index in [0.717, 1.165) is 56.9 Å². The molecule has 0 bridgehead atoms. The minimum absolute atomic E-state index is 0.00269. The number of nitrogens with one attached hydrogen (secondary N) is 4. The number of para-hydroxylation sites is 1. The second-order valence-electron chi connectivity index (χ2n) is 22.7. The van der Waals surface area contributed by atoms with E-state index in [0.29, 0.717) is 102 Å². The summed E-state index contributed by atoms with van der Waals surface area (Å²) in [5, 5.41) is 18.4. The first kappa shape index (κ1) is 55.9. The first-order valence-corrected chi connectivity index (χ1v) is 28.7. The highest BCUT2D eigenvalue weighted by Crippen LogP contribution is 2.46. The number of pyridine rings is 1. The van der Waals surface area contributed by atoms with Gasteiger partial charge in [0.1, 0.15) is 23.9 Å². The molecule has 1 aliphatic carbocycles. The van der Waals surface area contributed by atoms with Crippen molar-refractivity contribution in [2.45, 2.75) is 94.2 Å². The average Bonchev–Trinajstić information content (AvgIpc) is 4.02. The minimum atomic E-state index is -4.80. The van der Waals surface area contributed by atoms with Crippen molar-refractivity contribution < 1.29 is 51.4 Å². The largest absolute Gasteiger partial charge is 0.492 e. The van der Waals surface area contributed by atoms with Gasteiger partial charge in [-0.15, -0.1) is 0 Å². The lowest BCUT2D eigenvalue weighted by Gasteiger charge is -2.43. The number of nitrogens with zero attached hydrogens (tertiary/aromatic N) is 6. The number of imide groups is 1. The van der Waals surface area contributed by atoms with Gasteiger partial charge in [-0.3, -0.25) is 39.0 Å². The number of carbonyl (C=O) groups excluding carboxylic acids is 6. The van der Waals surface area contributed by atoms with Gasteiger partial charge in [0.2, 0.25) is 41.0 Å². The number of nitriles is 1. The molecule has 82 heavy (non-hydrogen) atoms. The summed E-state index contributed by atoms with van der Waals surface area (Å²) in [5.74, 6) is -1.07. The van der Waals surface area contributed by atoms with Crippen molar-refractivity contribution in [3.05, 3.63) is 102 Å². The lowest BCUT2D eigenvalue weighted by atomic mass is 9.81. The van der Waals surface area contributed by atoms with Gasteiger partial charge in [0.15, 0.2) is 0 Å². The van der Waals surface area contributed by atoms with Crippen LogP contribution in [0.4, 0.5) is 24.7 Å². The van der Waals surface area contributed by atoms with E-state index < -0.39 is 42.4 Å². The molecule has 21 heteroatoms. The normalized spacial score (nSPS) is 22.6. The summed E-state index contributed by atoms with van der Waals surface area (Å²) < 4.78 is 57.5. The summed E-state index contributed by atoms with van der Waals surface area (Å²) in [6, 6.07) is 24.3. The smallest absolute Gasteiger partial charge is 0.428 e. The predicted octanol–water partition coefficient (Wildman–Crippen LogP) is 7.41. The molecule has 430 valence electrons. The highest BCUT2D eigenvalue weighted by Gasteiger charge is 2.59. The summed E-state index contributed by atoms with van der Waals surface area (Å²) in [5.41, 5.74) is 1.06. The Morgan fingerprint density at radius 3 is 2.24 bits per heavy atom. The first-order chi connectivity index (χ1) is 39.6. The Balaban J connectivity index is 0.604. The molecule has 1 saturated carbocycles. The van der Waals surface area contributed by atoms with Crippen LogP contribution >= 0.6 is 0 Å². The number of piperidine rings is 3. The van der Waals surface area contributed by atoms with E-state index >= 15 is 13.2 Å². The van der Waals surface area contributed by atoms with Crippen LogP contribution in [0.3, 0.4) is 0 Å². The van der Waals surface area contributed by atoms with Crippen molar-refractivity contribution >= 4 is 57.9 Å². The van der Waals surface area contributed by atoms with Gasteiger partial charge in [-0.2, -0.15) is 18.4 Å². The van der Waals surface area contributed by atoms with Crippen LogP contribution in [0.15, 0.2) is 85.1 Å². The molecule has 5 fully saturated rings. The number of anilines is 2. The monoisotopic (exact) mass is 1120 g/mol. The molecule has 11 rings (SSSR count). The fourth-order valence-electron chi connectivity index (χ4n) is 12.9. The van der Waals surface area contributed by atoms with E-state index in [1.807, 2.05) is 17.0 Å². The van der Waals surface area contributed by atoms with E-state index in [1.54, 1.807) is 66.9 Å². The maximum atomic E-state index is 15.2. The van der Waals surface area contributed by atoms with Crippen LogP contribution < -0.4 is 30.3 Å². The number of likely N-dealkylation sites (tertiary alicyclic amines) is 1. The number of alkyl halides is 3. The Labute approximate surface area is 473 Å². The molecule has 2 aromatic heterocycles. The Morgan fingerprint density at radius 1 is 0.780 bits per heavy atom. The SMILES string of the molecule is N#Cc1cccc2[nH]c(-c3ccccc3OC3(C(F)(F)F)CCN(C(=O)[C@H]4CC(=O)Nc5ccc(OCCNC(=O)C6CCC(C(=O)N7CCN(CC8CCN(c9ccc(C%10CCC(=O)NC%10=O)cn9)CC8)CC7)CC6)cc54)CC3)cc12. The van der Waals surface area contributed by atoms with Crippen molar-refractivity contribution in [1.29, 1.82) is 5.26 Å². The molecule has 18 nitrogen and oxygen atoms in total. The number of piperazine rings is 1. The maximum absolute atomic E-state index is 15.2. The fraction of sp³-hybridized carbons (Fsp3) is 0.475. The first-order valence-electron chi connectivity index (χ1n) is 28.7. The molecule has 6 amide bonds. The van der Waals surface area contributed by atoms with Crippen LogP contribution in [-0.2, 0) is 28.8 Å². The average molecular weight is 1130 g/mol. The van der Waals surface area contributed by atoms with E-state index in [-0.39, 0.29) is 79.8 Å². The number of fused-ring (bicyclic) bond motifs is 2. The highest BCUT2D eigenvalue weighted by atomic mass is 19.4. The van der Waals surface area contributed by atoms with Gasteiger partial charge in [0, 0.05) is 125 Å². The molecule has 5 aromatic rings. The second kappa shape index (κ2) is 23.8. The van der Waals surface area contributed by atoms with Crippen LogP contribution in [0.25, 0.3) is 22.2 Å². The third-order valence-corrected chi connectivity index (χ3v) is 17.7. The zero-order valence-electron chi connectivity index (χ0n) is 45.6. The Hall–Kier alpha value is -7.99. The zero-order valence-corrected chi connectivity index (χ0v) is 45.6. The van der Waals surface area contributed by atoms with Crippen molar-refractivity contribution in [2.75, 3.05) is 82.3 Å². The number of halogens is 3. The van der Waals surface area contributed by atoms with Gasteiger partial charge in [-0.05, 0) is 117 Å². The molecule has 4 saturated heterocycles. The number of hydrogen-bond acceptors (Lipinski definition) is 12. The summed E-state index contributed by atoms with van der Waals surface area (Å²) >= 11 is 0. The van der Waals surface area contributed by atoms with Gasteiger partial charge >= 0.3 is 6.18 Å². The third-order valence-electron chi connectivity index (χ3n) is 17.7. The fourth-order valence-corrected chi connectivity index (χ4v) is 12.9. The number of aromatic amines is 1. The Morgan fingerprint density at radius 2 is 1.52 bits per heavy atom. The quantitative estimate of drug-likeness (QED) is 0.0631. The summed E-state index contributed by atoms with van der Waals surface area (Å²) in [6.07, 6.45) is 1.12. The number of amides is 6. The molecule has 1 unspecified atom stereocenters. The highest BCUT2D eigenvalue weighted by molar-refractivity contribution is 6.02. The van der Waals surface area contributed by atoms with Crippen LogP contribution in [0.2, 0.25) is 0 Å². The number of carbonyl (C=O) groups is 6. The lowest BCUT2D eigenvalue weighted by Crippen LogP contribution is -2.58. The van der Waals surface area contributed by atoms with Crippen LogP contribution in [0, 0.1) is 29.1 Å². The molecular formula is C61H67F3N10O8. The van der Waals surface area contributed by atoms with Crippen LogP contribution in [0.1, 0.15) is 99.2 Å². The zero-order chi connectivity index (χ0) is 57.1. The van der Waals surface area contributed by atoms with Crippen molar-refractivity contribution in [1.82, 2.24) is 35.3 Å². The third kappa shape index (κ3) is 12.0. The molecule has 0 radical (unpaired) electrons. The van der Waals surface area contributed by atoms with Gasteiger partial charge in [0.25, 0.3) is 0 Å². The summed E-state index contributed by atoms with van der Waals surface area (Å²) in [6.45, 7) is 5.63. The van der Waals surface area contributed by atoms with Crippen molar-refractivity contribution in [3.63, 3.8) is 0 Å². The molecule has 5 aliphatic heterocycles. The topological polar surface area (TPSA) is 222 Å². The molecule has 4 N–H and O–H groups in total.